The van der Waals surface area contributed by atoms with Crippen LogP contribution in [0.25, 0.3) is 0 Å². The highest BCUT2D eigenvalue weighted by Crippen LogP contribution is 2.24. The highest BCUT2D eigenvalue weighted by molar-refractivity contribution is 5.46. The predicted octanol–water partition coefficient (Wildman–Crippen LogP) is 2.26. The van der Waals surface area contributed by atoms with E-state index in [1.807, 2.05) is 6.92 Å². The molecule has 0 amide bonds. The summed E-state index contributed by atoms with van der Waals surface area (Å²) in [5, 5.41) is 3.30. The van der Waals surface area contributed by atoms with Crippen molar-refractivity contribution in [1.82, 2.24) is 15.0 Å². The molecule has 0 saturated carbocycles. The standard InChI is InChI=1S/C13H16N4O/c1-9-6-14-12(18-9)7-15-13-10-4-2-3-5-11(10)16-8-17-13/h6,8H,2-5,7H2,1H3,(H,15,16,17). The fraction of sp³-hybridized carbons (Fsp3) is 0.462. The fourth-order valence-corrected chi connectivity index (χ4v) is 2.32. The van der Waals surface area contributed by atoms with Gasteiger partial charge in [0.25, 0.3) is 0 Å². The van der Waals surface area contributed by atoms with Crippen LogP contribution in [-0.4, -0.2) is 15.0 Å². The molecule has 94 valence electrons. The molecule has 0 spiro atoms. The third-order valence-corrected chi connectivity index (χ3v) is 3.20. The summed E-state index contributed by atoms with van der Waals surface area (Å²) < 4.78 is 5.43. The van der Waals surface area contributed by atoms with Crippen LogP contribution in [-0.2, 0) is 19.4 Å². The molecule has 0 unspecified atom stereocenters. The first-order valence-corrected chi connectivity index (χ1v) is 6.31. The van der Waals surface area contributed by atoms with Crippen LogP contribution in [0.4, 0.5) is 5.82 Å². The minimum Gasteiger partial charge on any atom is -0.444 e. The van der Waals surface area contributed by atoms with Crippen LogP contribution in [0.1, 0.15) is 35.7 Å². The maximum absolute atomic E-state index is 5.43. The first-order valence-electron chi connectivity index (χ1n) is 6.31. The van der Waals surface area contributed by atoms with Crippen molar-refractivity contribution in [1.29, 1.82) is 0 Å². The SMILES string of the molecule is Cc1cnc(CNc2ncnc3c2CCCC3)o1. The molecule has 0 bridgehead atoms. The van der Waals surface area contributed by atoms with Gasteiger partial charge in [0.1, 0.15) is 17.9 Å². The van der Waals surface area contributed by atoms with Gasteiger partial charge in [-0.2, -0.15) is 0 Å². The number of aryl methyl sites for hydroxylation is 2. The van der Waals surface area contributed by atoms with Crippen molar-refractivity contribution < 1.29 is 4.42 Å². The molecule has 0 atom stereocenters. The van der Waals surface area contributed by atoms with Gasteiger partial charge in [-0.05, 0) is 32.6 Å². The average molecular weight is 244 g/mol. The van der Waals surface area contributed by atoms with Crippen LogP contribution in [0.5, 0.6) is 0 Å². The average Bonchev–Trinajstić information content (AvgIpc) is 2.82. The molecule has 18 heavy (non-hydrogen) atoms. The van der Waals surface area contributed by atoms with Crippen molar-refractivity contribution in [2.75, 3.05) is 5.32 Å². The summed E-state index contributed by atoms with van der Waals surface area (Å²) >= 11 is 0. The number of rotatable bonds is 3. The smallest absolute Gasteiger partial charge is 0.213 e. The van der Waals surface area contributed by atoms with E-state index in [4.69, 9.17) is 4.42 Å². The van der Waals surface area contributed by atoms with E-state index in [0.717, 1.165) is 24.4 Å². The highest BCUT2D eigenvalue weighted by Gasteiger charge is 2.15. The Labute approximate surface area is 106 Å². The molecular formula is C13H16N4O. The number of fused-ring (bicyclic) bond motifs is 1. The van der Waals surface area contributed by atoms with Crippen LogP contribution >= 0.6 is 0 Å². The highest BCUT2D eigenvalue weighted by atomic mass is 16.4. The zero-order valence-corrected chi connectivity index (χ0v) is 10.4. The molecular weight excluding hydrogens is 228 g/mol. The molecule has 5 nitrogen and oxygen atoms in total. The third kappa shape index (κ3) is 2.20. The number of aromatic nitrogens is 3. The van der Waals surface area contributed by atoms with E-state index in [2.05, 4.69) is 20.3 Å². The van der Waals surface area contributed by atoms with E-state index < -0.39 is 0 Å². The van der Waals surface area contributed by atoms with Gasteiger partial charge in [0, 0.05) is 11.3 Å². The van der Waals surface area contributed by atoms with E-state index in [-0.39, 0.29) is 0 Å². The van der Waals surface area contributed by atoms with Crippen molar-refractivity contribution in [2.45, 2.75) is 39.2 Å². The summed E-state index contributed by atoms with van der Waals surface area (Å²) in [6, 6.07) is 0. The van der Waals surface area contributed by atoms with Gasteiger partial charge in [-0.25, -0.2) is 15.0 Å². The number of nitrogens with zero attached hydrogens (tertiary/aromatic N) is 3. The fourth-order valence-electron chi connectivity index (χ4n) is 2.32. The predicted molar refractivity (Wildman–Crippen MR) is 67.2 cm³/mol. The number of oxazole rings is 1. The van der Waals surface area contributed by atoms with Gasteiger partial charge in [0.05, 0.1) is 12.7 Å². The van der Waals surface area contributed by atoms with E-state index in [1.165, 1.54) is 24.1 Å². The summed E-state index contributed by atoms with van der Waals surface area (Å²) in [5.41, 5.74) is 2.44. The van der Waals surface area contributed by atoms with Gasteiger partial charge in [-0.3, -0.25) is 0 Å². The Morgan fingerprint density at radius 3 is 2.94 bits per heavy atom. The van der Waals surface area contributed by atoms with Gasteiger partial charge >= 0.3 is 0 Å². The minimum atomic E-state index is 0.567. The second-order valence-corrected chi connectivity index (χ2v) is 4.57. The van der Waals surface area contributed by atoms with Crippen LogP contribution in [0.2, 0.25) is 0 Å². The van der Waals surface area contributed by atoms with Gasteiger partial charge in [-0.1, -0.05) is 0 Å². The molecule has 5 heteroatoms. The molecule has 1 N–H and O–H groups in total. The summed E-state index contributed by atoms with van der Waals surface area (Å²) in [4.78, 5) is 12.8. The molecule has 3 rings (SSSR count). The lowest BCUT2D eigenvalue weighted by molar-refractivity contribution is 0.478. The number of hydrogen-bond acceptors (Lipinski definition) is 5. The lowest BCUT2D eigenvalue weighted by atomic mass is 9.96. The largest absolute Gasteiger partial charge is 0.444 e. The Hall–Kier alpha value is -1.91. The second-order valence-electron chi connectivity index (χ2n) is 4.57. The van der Waals surface area contributed by atoms with E-state index in [0.29, 0.717) is 12.4 Å². The van der Waals surface area contributed by atoms with Crippen LogP contribution in [0.3, 0.4) is 0 Å². The van der Waals surface area contributed by atoms with Crippen molar-refractivity contribution in [3.05, 3.63) is 35.4 Å². The van der Waals surface area contributed by atoms with Gasteiger partial charge in [0.15, 0.2) is 0 Å². The third-order valence-electron chi connectivity index (χ3n) is 3.20. The molecule has 2 aromatic rings. The molecule has 2 aromatic heterocycles. The monoisotopic (exact) mass is 244 g/mol. The van der Waals surface area contributed by atoms with Crippen molar-refractivity contribution in [3.63, 3.8) is 0 Å². The molecule has 1 aliphatic rings. The van der Waals surface area contributed by atoms with Crippen LogP contribution < -0.4 is 5.32 Å². The summed E-state index contributed by atoms with van der Waals surface area (Å²) in [7, 11) is 0. The molecule has 0 saturated heterocycles. The van der Waals surface area contributed by atoms with Gasteiger partial charge < -0.3 is 9.73 Å². The summed E-state index contributed by atoms with van der Waals surface area (Å²) in [6.45, 7) is 2.46. The Morgan fingerprint density at radius 1 is 1.22 bits per heavy atom. The molecule has 0 radical (unpaired) electrons. The minimum absolute atomic E-state index is 0.567. The van der Waals surface area contributed by atoms with Crippen molar-refractivity contribution in [2.24, 2.45) is 0 Å². The Bertz CT molecular complexity index is 550. The van der Waals surface area contributed by atoms with E-state index in [1.54, 1.807) is 12.5 Å². The van der Waals surface area contributed by atoms with Crippen molar-refractivity contribution >= 4 is 5.82 Å². The number of nitrogens with one attached hydrogen (secondary N) is 1. The molecule has 0 aliphatic heterocycles. The Kier molecular flexibility index (Phi) is 2.96. The molecule has 1 aliphatic carbocycles. The van der Waals surface area contributed by atoms with E-state index >= 15 is 0 Å². The zero-order valence-electron chi connectivity index (χ0n) is 10.4. The van der Waals surface area contributed by atoms with E-state index in [9.17, 15) is 0 Å². The summed E-state index contributed by atoms with van der Waals surface area (Å²) in [6.07, 6.45) is 7.92. The normalized spacial score (nSPS) is 14.3. The van der Waals surface area contributed by atoms with Crippen molar-refractivity contribution in [3.8, 4) is 0 Å². The lowest BCUT2D eigenvalue weighted by Gasteiger charge is -2.17. The zero-order chi connectivity index (χ0) is 12.4. The Morgan fingerprint density at radius 2 is 2.11 bits per heavy atom. The first-order chi connectivity index (χ1) is 8.83. The molecule has 2 heterocycles. The Balaban J connectivity index is 1.76. The van der Waals surface area contributed by atoms with Gasteiger partial charge in [-0.15, -0.1) is 0 Å². The maximum Gasteiger partial charge on any atom is 0.213 e. The van der Waals surface area contributed by atoms with Crippen LogP contribution in [0.15, 0.2) is 16.9 Å². The van der Waals surface area contributed by atoms with Gasteiger partial charge in [0.2, 0.25) is 5.89 Å². The quantitative estimate of drug-likeness (QED) is 0.897. The summed E-state index contributed by atoms with van der Waals surface area (Å²) in [5.74, 6) is 2.45. The number of hydrogen-bond donors (Lipinski definition) is 1. The topological polar surface area (TPSA) is 63.8 Å². The first kappa shape index (κ1) is 11.2. The van der Waals surface area contributed by atoms with Crippen LogP contribution in [0, 0.1) is 6.92 Å². The maximum atomic E-state index is 5.43. The second kappa shape index (κ2) is 4.76. The molecule has 0 aromatic carbocycles. The number of anilines is 1. The lowest BCUT2D eigenvalue weighted by Crippen LogP contribution is -2.12. The molecule has 0 fully saturated rings.